The third kappa shape index (κ3) is 5.82. The Morgan fingerprint density at radius 2 is 1.76 bits per heavy atom. The summed E-state index contributed by atoms with van der Waals surface area (Å²) in [6.07, 6.45) is 1.69. The van der Waals surface area contributed by atoms with Crippen LogP contribution in [0.1, 0.15) is 49.8 Å². The zero-order valence-corrected chi connectivity index (χ0v) is 15.5. The van der Waals surface area contributed by atoms with E-state index in [1.54, 1.807) is 12.1 Å². The number of hydrogen-bond donors (Lipinski definition) is 3. The Morgan fingerprint density at radius 1 is 1.08 bits per heavy atom. The standard InChI is InChI=1S/C21H28N2O2/c1-14(2)18-10-5-15(3)20(13-18)23-21(25)22-16(4)6-7-17-8-11-19(24)12-9-17/h5,8-14,16,24H,6-7H2,1-4H3,(H2,22,23,25). The lowest BCUT2D eigenvalue weighted by Crippen LogP contribution is -2.36. The van der Waals surface area contributed by atoms with E-state index in [-0.39, 0.29) is 17.8 Å². The molecule has 4 heteroatoms. The number of aromatic hydroxyl groups is 1. The van der Waals surface area contributed by atoms with Crippen LogP contribution in [0.25, 0.3) is 0 Å². The summed E-state index contributed by atoms with van der Waals surface area (Å²) in [5.41, 5.74) is 4.26. The van der Waals surface area contributed by atoms with Crippen LogP contribution in [-0.2, 0) is 6.42 Å². The molecule has 2 amide bonds. The van der Waals surface area contributed by atoms with Gasteiger partial charge in [0.25, 0.3) is 0 Å². The molecule has 0 aliphatic carbocycles. The highest BCUT2D eigenvalue weighted by molar-refractivity contribution is 5.90. The van der Waals surface area contributed by atoms with Gasteiger partial charge in [0.2, 0.25) is 0 Å². The zero-order chi connectivity index (χ0) is 18.4. The van der Waals surface area contributed by atoms with Crippen molar-refractivity contribution >= 4 is 11.7 Å². The number of phenols is 1. The summed E-state index contributed by atoms with van der Waals surface area (Å²) in [6, 6.07) is 13.2. The fraction of sp³-hybridized carbons (Fsp3) is 0.381. The van der Waals surface area contributed by atoms with Gasteiger partial charge < -0.3 is 15.7 Å². The first-order chi connectivity index (χ1) is 11.8. The number of nitrogens with one attached hydrogen (secondary N) is 2. The van der Waals surface area contributed by atoms with Gasteiger partial charge in [-0.1, -0.05) is 38.1 Å². The molecule has 1 unspecified atom stereocenters. The molecule has 134 valence electrons. The highest BCUT2D eigenvalue weighted by Gasteiger charge is 2.10. The Bertz CT molecular complexity index is 708. The van der Waals surface area contributed by atoms with Crippen LogP contribution in [0.5, 0.6) is 5.75 Å². The molecule has 3 N–H and O–H groups in total. The maximum absolute atomic E-state index is 12.3. The molecule has 0 heterocycles. The Morgan fingerprint density at radius 3 is 2.40 bits per heavy atom. The van der Waals surface area contributed by atoms with Crippen LogP contribution in [0.3, 0.4) is 0 Å². The van der Waals surface area contributed by atoms with Crippen molar-refractivity contribution in [3.63, 3.8) is 0 Å². The van der Waals surface area contributed by atoms with Gasteiger partial charge in [-0.3, -0.25) is 0 Å². The van der Waals surface area contributed by atoms with Gasteiger partial charge in [0.15, 0.2) is 0 Å². The largest absolute Gasteiger partial charge is 0.508 e. The van der Waals surface area contributed by atoms with E-state index >= 15 is 0 Å². The first kappa shape index (κ1) is 18.8. The minimum absolute atomic E-state index is 0.0578. The predicted molar refractivity (Wildman–Crippen MR) is 103 cm³/mol. The number of carbonyl (C=O) groups excluding carboxylic acids is 1. The molecule has 0 aliphatic heterocycles. The maximum Gasteiger partial charge on any atom is 0.319 e. The average Bonchev–Trinajstić information content (AvgIpc) is 2.56. The minimum atomic E-state index is -0.179. The molecule has 0 fully saturated rings. The van der Waals surface area contributed by atoms with Crippen LogP contribution in [0, 0.1) is 6.92 Å². The number of rotatable bonds is 6. The van der Waals surface area contributed by atoms with Gasteiger partial charge in [0, 0.05) is 11.7 Å². The number of anilines is 1. The fourth-order valence-corrected chi connectivity index (χ4v) is 2.63. The monoisotopic (exact) mass is 340 g/mol. The molecule has 0 saturated heterocycles. The maximum atomic E-state index is 12.3. The molecule has 0 spiro atoms. The SMILES string of the molecule is Cc1ccc(C(C)C)cc1NC(=O)NC(C)CCc1ccc(O)cc1. The first-order valence-electron chi connectivity index (χ1n) is 8.81. The number of carbonyl (C=O) groups is 1. The van der Waals surface area contributed by atoms with E-state index in [9.17, 15) is 9.90 Å². The molecule has 4 nitrogen and oxygen atoms in total. The van der Waals surface area contributed by atoms with Crippen molar-refractivity contribution in [1.29, 1.82) is 0 Å². The second-order valence-corrected chi connectivity index (χ2v) is 6.93. The molecule has 2 aromatic carbocycles. The summed E-state index contributed by atoms with van der Waals surface area (Å²) in [5, 5.41) is 15.2. The van der Waals surface area contributed by atoms with E-state index in [0.717, 1.165) is 29.7 Å². The summed E-state index contributed by atoms with van der Waals surface area (Å²) in [7, 11) is 0. The van der Waals surface area contributed by atoms with Crippen molar-refractivity contribution in [3.05, 3.63) is 59.2 Å². The van der Waals surface area contributed by atoms with Gasteiger partial charge in [-0.05, 0) is 67.5 Å². The summed E-state index contributed by atoms with van der Waals surface area (Å²) < 4.78 is 0. The molecule has 1 atom stereocenters. The molecule has 2 aromatic rings. The van der Waals surface area contributed by atoms with Crippen LogP contribution >= 0.6 is 0 Å². The highest BCUT2D eigenvalue weighted by Crippen LogP contribution is 2.22. The lowest BCUT2D eigenvalue weighted by molar-refractivity contribution is 0.248. The smallest absolute Gasteiger partial charge is 0.319 e. The molecule has 0 bridgehead atoms. The number of phenolic OH excluding ortho intramolecular Hbond substituents is 1. The van der Waals surface area contributed by atoms with Crippen molar-refractivity contribution < 1.29 is 9.90 Å². The number of amides is 2. The summed E-state index contributed by atoms with van der Waals surface area (Å²) in [6.45, 7) is 8.27. The van der Waals surface area contributed by atoms with Crippen LogP contribution in [0.15, 0.2) is 42.5 Å². The molecule has 25 heavy (non-hydrogen) atoms. The number of benzene rings is 2. The van der Waals surface area contributed by atoms with Crippen molar-refractivity contribution in [2.75, 3.05) is 5.32 Å². The molecular weight excluding hydrogens is 312 g/mol. The molecule has 0 aliphatic rings. The van der Waals surface area contributed by atoms with Gasteiger partial charge in [0.05, 0.1) is 0 Å². The van der Waals surface area contributed by atoms with Crippen LogP contribution in [-0.4, -0.2) is 17.2 Å². The topological polar surface area (TPSA) is 61.4 Å². The van der Waals surface area contributed by atoms with E-state index in [1.165, 1.54) is 5.56 Å². The minimum Gasteiger partial charge on any atom is -0.508 e. The summed E-state index contributed by atoms with van der Waals surface area (Å²) >= 11 is 0. The van der Waals surface area contributed by atoms with Crippen molar-refractivity contribution in [2.24, 2.45) is 0 Å². The Labute approximate surface area is 150 Å². The van der Waals surface area contributed by atoms with E-state index < -0.39 is 0 Å². The van der Waals surface area contributed by atoms with Gasteiger partial charge in [-0.15, -0.1) is 0 Å². The van der Waals surface area contributed by atoms with E-state index in [0.29, 0.717) is 5.92 Å². The first-order valence-corrected chi connectivity index (χ1v) is 8.81. The molecule has 2 rings (SSSR count). The predicted octanol–water partition coefficient (Wildman–Crippen LogP) is 4.97. The Kier molecular flexibility index (Phi) is 6.45. The summed E-state index contributed by atoms with van der Waals surface area (Å²) in [5.74, 6) is 0.696. The van der Waals surface area contributed by atoms with Crippen molar-refractivity contribution in [3.8, 4) is 5.75 Å². The van der Waals surface area contributed by atoms with Crippen LogP contribution < -0.4 is 10.6 Å². The zero-order valence-electron chi connectivity index (χ0n) is 15.5. The number of urea groups is 1. The third-order valence-corrected chi connectivity index (χ3v) is 4.36. The van der Waals surface area contributed by atoms with Crippen molar-refractivity contribution in [2.45, 2.75) is 52.5 Å². The number of hydrogen-bond acceptors (Lipinski definition) is 2. The normalized spacial score (nSPS) is 12.0. The molecule has 0 aromatic heterocycles. The van der Waals surface area contributed by atoms with E-state index in [4.69, 9.17) is 0 Å². The lowest BCUT2D eigenvalue weighted by atomic mass is 10.0. The van der Waals surface area contributed by atoms with E-state index in [2.05, 4.69) is 30.5 Å². The Balaban J connectivity index is 1.87. The van der Waals surface area contributed by atoms with Gasteiger partial charge >= 0.3 is 6.03 Å². The van der Waals surface area contributed by atoms with Crippen LogP contribution in [0.2, 0.25) is 0 Å². The third-order valence-electron chi connectivity index (χ3n) is 4.36. The quantitative estimate of drug-likeness (QED) is 0.695. The van der Waals surface area contributed by atoms with Gasteiger partial charge in [0.1, 0.15) is 5.75 Å². The summed E-state index contributed by atoms with van der Waals surface area (Å²) in [4.78, 5) is 12.3. The second-order valence-electron chi connectivity index (χ2n) is 6.93. The van der Waals surface area contributed by atoms with Crippen molar-refractivity contribution in [1.82, 2.24) is 5.32 Å². The van der Waals surface area contributed by atoms with Gasteiger partial charge in [-0.25, -0.2) is 4.79 Å². The highest BCUT2D eigenvalue weighted by atomic mass is 16.3. The van der Waals surface area contributed by atoms with E-state index in [1.807, 2.05) is 38.1 Å². The van der Waals surface area contributed by atoms with Crippen LogP contribution in [0.4, 0.5) is 10.5 Å². The average molecular weight is 340 g/mol. The molecule has 0 radical (unpaired) electrons. The van der Waals surface area contributed by atoms with Gasteiger partial charge in [-0.2, -0.15) is 0 Å². The Hall–Kier alpha value is -2.49. The number of aryl methyl sites for hydroxylation is 2. The lowest BCUT2D eigenvalue weighted by Gasteiger charge is -2.17. The second kappa shape index (κ2) is 8.56. The molecule has 0 saturated carbocycles. The molecular formula is C21H28N2O2. The fourth-order valence-electron chi connectivity index (χ4n) is 2.63.